The zero-order valence-electron chi connectivity index (χ0n) is 20.4. The number of rotatable bonds is 7. The van der Waals surface area contributed by atoms with Gasteiger partial charge in [-0.25, -0.2) is 0 Å². The minimum atomic E-state index is -0.176. The molecule has 1 amide bonds. The van der Waals surface area contributed by atoms with Crippen molar-refractivity contribution < 1.29 is 4.79 Å². The van der Waals surface area contributed by atoms with E-state index in [4.69, 9.17) is 12.2 Å². The summed E-state index contributed by atoms with van der Waals surface area (Å²) in [5, 5.41) is 6.99. The first-order valence-corrected chi connectivity index (χ1v) is 12.5. The summed E-state index contributed by atoms with van der Waals surface area (Å²) in [5.41, 5.74) is 6.35. The van der Waals surface area contributed by atoms with Crippen molar-refractivity contribution in [2.75, 3.05) is 11.9 Å². The third-order valence-corrected chi connectivity index (χ3v) is 7.04. The van der Waals surface area contributed by atoms with Crippen molar-refractivity contribution in [1.29, 1.82) is 0 Å². The van der Waals surface area contributed by atoms with Gasteiger partial charge in [0, 0.05) is 29.8 Å². The molecule has 2 atom stereocenters. The molecule has 36 heavy (non-hydrogen) atoms. The first-order chi connectivity index (χ1) is 17.5. The summed E-state index contributed by atoms with van der Waals surface area (Å²) >= 11 is 5.77. The molecule has 1 aliphatic heterocycles. The van der Waals surface area contributed by atoms with E-state index in [2.05, 4.69) is 64.4 Å². The molecule has 6 nitrogen and oxygen atoms in total. The molecule has 4 aromatic rings. The van der Waals surface area contributed by atoms with Crippen LogP contribution in [0, 0.1) is 13.8 Å². The number of hydrogen-bond acceptors (Lipinski definition) is 3. The highest BCUT2D eigenvalue weighted by Crippen LogP contribution is 2.40. The van der Waals surface area contributed by atoms with Crippen molar-refractivity contribution in [3.8, 4) is 0 Å². The van der Waals surface area contributed by atoms with Crippen LogP contribution in [0.1, 0.15) is 40.3 Å². The standard InChI is InChI=1S/C29H29N5OS/c1-20-17-24(21(2)33(20)18-22-11-5-3-6-12-22)28-27(25-15-9-10-16-30-25)32-29(36)34(28)19-26(35)31-23-13-7-4-8-14-23/h3-17,27-28H,18-19H2,1-2H3,(H,31,35)(H,32,36)/t27-,28+/m1/s1. The summed E-state index contributed by atoms with van der Waals surface area (Å²) in [6, 6.07) is 27.7. The molecule has 2 aromatic carbocycles. The van der Waals surface area contributed by atoms with Gasteiger partial charge in [0.15, 0.2) is 5.11 Å². The molecule has 2 aromatic heterocycles. The zero-order valence-corrected chi connectivity index (χ0v) is 21.2. The van der Waals surface area contributed by atoms with Gasteiger partial charge in [-0.3, -0.25) is 9.78 Å². The number of aryl methyl sites for hydroxylation is 1. The number of amides is 1. The molecule has 1 aliphatic rings. The van der Waals surface area contributed by atoms with Crippen LogP contribution in [0.4, 0.5) is 5.69 Å². The lowest BCUT2D eigenvalue weighted by Gasteiger charge is -2.27. The van der Waals surface area contributed by atoms with Gasteiger partial charge in [0.1, 0.15) is 6.54 Å². The van der Waals surface area contributed by atoms with E-state index in [9.17, 15) is 4.79 Å². The Morgan fingerprint density at radius 2 is 1.69 bits per heavy atom. The molecular formula is C29H29N5OS. The summed E-state index contributed by atoms with van der Waals surface area (Å²) < 4.78 is 2.32. The zero-order chi connectivity index (χ0) is 25.1. The molecular weight excluding hydrogens is 466 g/mol. The summed E-state index contributed by atoms with van der Waals surface area (Å²) in [7, 11) is 0. The number of anilines is 1. The number of thiocarbonyl (C=S) groups is 1. The maximum absolute atomic E-state index is 13.1. The first kappa shape index (κ1) is 23.8. The van der Waals surface area contributed by atoms with Gasteiger partial charge in [-0.2, -0.15) is 0 Å². The SMILES string of the molecule is Cc1cc([C@H]2[C@@H](c3ccccn3)NC(=S)N2CC(=O)Nc2ccccc2)c(C)n1Cc1ccccc1. The van der Waals surface area contributed by atoms with E-state index < -0.39 is 0 Å². The minimum absolute atomic E-state index is 0.116. The van der Waals surface area contributed by atoms with E-state index in [1.165, 1.54) is 5.56 Å². The third-order valence-electron chi connectivity index (χ3n) is 6.68. The Labute approximate surface area is 217 Å². The van der Waals surface area contributed by atoms with Crippen LogP contribution in [0.25, 0.3) is 0 Å². The largest absolute Gasteiger partial charge is 0.352 e. The van der Waals surface area contributed by atoms with Crippen LogP contribution in [0.2, 0.25) is 0 Å². The molecule has 0 radical (unpaired) electrons. The Hall–Kier alpha value is -3.97. The fourth-order valence-corrected chi connectivity index (χ4v) is 5.23. The van der Waals surface area contributed by atoms with Gasteiger partial charge in [-0.15, -0.1) is 0 Å². The van der Waals surface area contributed by atoms with E-state index in [1.54, 1.807) is 6.20 Å². The quantitative estimate of drug-likeness (QED) is 0.347. The lowest BCUT2D eigenvalue weighted by atomic mass is 9.96. The molecule has 1 saturated heterocycles. The van der Waals surface area contributed by atoms with Crippen molar-refractivity contribution in [2.24, 2.45) is 0 Å². The molecule has 2 N–H and O–H groups in total. The maximum atomic E-state index is 13.1. The predicted molar refractivity (Wildman–Crippen MR) is 147 cm³/mol. The first-order valence-electron chi connectivity index (χ1n) is 12.0. The van der Waals surface area contributed by atoms with Gasteiger partial charge < -0.3 is 20.1 Å². The van der Waals surface area contributed by atoms with Gasteiger partial charge in [0.05, 0.1) is 17.8 Å². The predicted octanol–water partition coefficient (Wildman–Crippen LogP) is 5.16. The van der Waals surface area contributed by atoms with E-state index >= 15 is 0 Å². The van der Waals surface area contributed by atoms with Crippen LogP contribution < -0.4 is 10.6 Å². The molecule has 0 spiro atoms. The summed E-state index contributed by atoms with van der Waals surface area (Å²) in [4.78, 5) is 19.7. The Balaban J connectivity index is 1.49. The number of hydrogen-bond donors (Lipinski definition) is 2. The second-order valence-electron chi connectivity index (χ2n) is 9.07. The van der Waals surface area contributed by atoms with Gasteiger partial charge in [-0.1, -0.05) is 54.6 Å². The number of aromatic nitrogens is 2. The topological polar surface area (TPSA) is 62.2 Å². The highest BCUT2D eigenvalue weighted by atomic mass is 32.1. The normalized spacial score (nSPS) is 17.2. The molecule has 0 unspecified atom stereocenters. The van der Waals surface area contributed by atoms with Crippen LogP contribution >= 0.6 is 12.2 Å². The Kier molecular flexibility index (Phi) is 6.82. The molecule has 7 heteroatoms. The fourth-order valence-electron chi connectivity index (χ4n) is 4.93. The molecule has 3 heterocycles. The van der Waals surface area contributed by atoms with E-state index in [0.29, 0.717) is 5.11 Å². The van der Waals surface area contributed by atoms with Crippen molar-refractivity contribution in [3.05, 3.63) is 119 Å². The fraction of sp³-hybridized carbons (Fsp3) is 0.207. The van der Waals surface area contributed by atoms with E-state index in [1.807, 2.05) is 59.5 Å². The molecule has 5 rings (SSSR count). The van der Waals surface area contributed by atoms with Crippen molar-refractivity contribution in [2.45, 2.75) is 32.5 Å². The third kappa shape index (κ3) is 4.88. The second-order valence-corrected chi connectivity index (χ2v) is 9.45. The number of nitrogens with zero attached hydrogens (tertiary/aromatic N) is 3. The number of nitrogens with one attached hydrogen (secondary N) is 2. The highest BCUT2D eigenvalue weighted by Gasteiger charge is 2.42. The van der Waals surface area contributed by atoms with E-state index in [0.717, 1.165) is 34.9 Å². The second kappa shape index (κ2) is 10.3. The van der Waals surface area contributed by atoms with Crippen molar-refractivity contribution in [3.63, 3.8) is 0 Å². The molecule has 0 bridgehead atoms. The summed E-state index contributed by atoms with van der Waals surface area (Å²) in [6.45, 7) is 5.19. The lowest BCUT2D eigenvalue weighted by Crippen LogP contribution is -2.37. The molecule has 1 fully saturated rings. The van der Waals surface area contributed by atoms with Crippen LogP contribution in [0.5, 0.6) is 0 Å². The van der Waals surface area contributed by atoms with Crippen LogP contribution in [-0.2, 0) is 11.3 Å². The number of para-hydroxylation sites is 1. The lowest BCUT2D eigenvalue weighted by molar-refractivity contribution is -0.116. The number of pyridine rings is 1. The monoisotopic (exact) mass is 495 g/mol. The Bertz CT molecular complexity index is 1350. The highest BCUT2D eigenvalue weighted by molar-refractivity contribution is 7.80. The van der Waals surface area contributed by atoms with Crippen LogP contribution in [0.15, 0.2) is 91.1 Å². The van der Waals surface area contributed by atoms with E-state index in [-0.39, 0.29) is 24.5 Å². The van der Waals surface area contributed by atoms with Crippen molar-refractivity contribution >= 4 is 28.9 Å². The number of carbonyl (C=O) groups excluding carboxylic acids is 1. The van der Waals surface area contributed by atoms with Gasteiger partial charge >= 0.3 is 0 Å². The van der Waals surface area contributed by atoms with Crippen molar-refractivity contribution in [1.82, 2.24) is 19.8 Å². The van der Waals surface area contributed by atoms with Gasteiger partial charge in [-0.05, 0) is 67.5 Å². The van der Waals surface area contributed by atoms with Crippen LogP contribution in [-0.4, -0.2) is 32.0 Å². The molecule has 0 saturated carbocycles. The number of benzene rings is 2. The smallest absolute Gasteiger partial charge is 0.244 e. The molecule has 182 valence electrons. The van der Waals surface area contributed by atoms with Crippen LogP contribution in [0.3, 0.4) is 0 Å². The van der Waals surface area contributed by atoms with Gasteiger partial charge in [0.25, 0.3) is 0 Å². The maximum Gasteiger partial charge on any atom is 0.244 e. The summed E-state index contributed by atoms with van der Waals surface area (Å²) in [6.07, 6.45) is 1.79. The average molecular weight is 496 g/mol. The average Bonchev–Trinajstić information content (AvgIpc) is 3.36. The minimum Gasteiger partial charge on any atom is -0.352 e. The Morgan fingerprint density at radius 3 is 2.39 bits per heavy atom. The number of carbonyl (C=O) groups is 1. The summed E-state index contributed by atoms with van der Waals surface area (Å²) in [5.74, 6) is -0.116. The molecule has 0 aliphatic carbocycles. The van der Waals surface area contributed by atoms with Gasteiger partial charge in [0.2, 0.25) is 5.91 Å². The Morgan fingerprint density at radius 1 is 1.00 bits per heavy atom.